The third kappa shape index (κ3) is 2.65. The van der Waals surface area contributed by atoms with Crippen LogP contribution in [0.5, 0.6) is 0 Å². The molecule has 0 radical (unpaired) electrons. The van der Waals surface area contributed by atoms with Gasteiger partial charge in [-0.15, -0.1) is 0 Å². The lowest BCUT2D eigenvalue weighted by atomic mass is 9.95. The number of nitrogens with one attached hydrogen (secondary N) is 1. The fraction of sp³-hybridized carbons (Fsp3) is 0.571. The molecule has 0 bridgehead atoms. The molecule has 0 aromatic heterocycles. The molecule has 92 valence electrons. The first-order chi connectivity index (χ1) is 8.34. The van der Waals surface area contributed by atoms with Crippen LogP contribution in [0.3, 0.4) is 0 Å². The van der Waals surface area contributed by atoms with Crippen molar-refractivity contribution in [1.82, 2.24) is 5.32 Å². The predicted molar refractivity (Wildman–Crippen MR) is 69.3 cm³/mol. The van der Waals surface area contributed by atoms with Crippen molar-refractivity contribution < 1.29 is 4.74 Å². The van der Waals surface area contributed by atoms with Gasteiger partial charge in [-0.25, -0.2) is 0 Å². The Bertz CT molecular complexity index is 392. The van der Waals surface area contributed by atoms with Crippen LogP contribution in [-0.4, -0.2) is 19.2 Å². The quantitative estimate of drug-likeness (QED) is 0.888. The van der Waals surface area contributed by atoms with Crippen LogP contribution in [-0.2, 0) is 4.74 Å². The highest BCUT2D eigenvalue weighted by molar-refractivity contribution is 6.31. The van der Waals surface area contributed by atoms with Crippen LogP contribution in [0.2, 0.25) is 5.02 Å². The van der Waals surface area contributed by atoms with Crippen molar-refractivity contribution in [2.75, 3.05) is 13.2 Å². The smallest absolute Gasteiger partial charge is 0.0880 e. The Morgan fingerprint density at radius 2 is 2.06 bits per heavy atom. The zero-order chi connectivity index (χ0) is 11.7. The van der Waals surface area contributed by atoms with Gasteiger partial charge in [0, 0.05) is 30.1 Å². The van der Waals surface area contributed by atoms with Gasteiger partial charge in [-0.05, 0) is 30.9 Å². The maximum Gasteiger partial charge on any atom is 0.0880 e. The second-order valence-corrected chi connectivity index (χ2v) is 5.45. The lowest BCUT2D eigenvalue weighted by Gasteiger charge is -2.20. The zero-order valence-electron chi connectivity index (χ0n) is 9.86. The van der Waals surface area contributed by atoms with Crippen molar-refractivity contribution in [3.8, 4) is 0 Å². The number of rotatable bonds is 4. The Hall–Kier alpha value is -0.570. The summed E-state index contributed by atoms with van der Waals surface area (Å²) in [6, 6.07) is 8.81. The Kier molecular flexibility index (Phi) is 3.37. The molecule has 2 unspecified atom stereocenters. The molecule has 2 atom stereocenters. The van der Waals surface area contributed by atoms with E-state index >= 15 is 0 Å². The summed E-state index contributed by atoms with van der Waals surface area (Å²) in [5, 5.41) is 4.42. The van der Waals surface area contributed by atoms with E-state index in [2.05, 4.69) is 11.4 Å². The van der Waals surface area contributed by atoms with E-state index in [1.54, 1.807) is 0 Å². The molecule has 1 saturated carbocycles. The van der Waals surface area contributed by atoms with Crippen molar-refractivity contribution in [3.63, 3.8) is 0 Å². The molecule has 1 aromatic rings. The molecule has 1 saturated heterocycles. The number of halogens is 1. The van der Waals surface area contributed by atoms with Crippen LogP contribution >= 0.6 is 11.6 Å². The molecular formula is C14H18ClNO. The van der Waals surface area contributed by atoms with E-state index in [0.29, 0.717) is 5.92 Å². The summed E-state index contributed by atoms with van der Waals surface area (Å²) >= 11 is 6.24. The van der Waals surface area contributed by atoms with Crippen LogP contribution in [0.25, 0.3) is 0 Å². The average molecular weight is 252 g/mol. The zero-order valence-corrected chi connectivity index (χ0v) is 10.6. The molecule has 3 heteroatoms. The second kappa shape index (κ2) is 4.97. The molecule has 17 heavy (non-hydrogen) atoms. The summed E-state index contributed by atoms with van der Waals surface area (Å²) < 4.78 is 5.86. The Labute approximate surface area is 107 Å². The van der Waals surface area contributed by atoms with Crippen molar-refractivity contribution >= 4 is 11.6 Å². The van der Waals surface area contributed by atoms with Crippen LogP contribution in [0.4, 0.5) is 0 Å². The molecule has 3 rings (SSSR count). The van der Waals surface area contributed by atoms with E-state index in [1.807, 2.05) is 18.2 Å². The summed E-state index contributed by atoms with van der Waals surface area (Å²) in [7, 11) is 0. The molecule has 2 aliphatic rings. The summed E-state index contributed by atoms with van der Waals surface area (Å²) in [6.45, 7) is 1.91. The summed E-state index contributed by atoms with van der Waals surface area (Å²) in [6.07, 6.45) is 3.99. The first kappa shape index (κ1) is 11.5. The first-order valence-corrected chi connectivity index (χ1v) is 6.82. The highest BCUT2D eigenvalue weighted by Crippen LogP contribution is 2.37. The van der Waals surface area contributed by atoms with Gasteiger partial charge in [0.2, 0.25) is 0 Å². The predicted octanol–water partition coefficient (Wildman–Crippen LogP) is 3.17. The molecule has 0 amide bonds. The fourth-order valence-electron chi connectivity index (χ4n) is 2.50. The number of hydrogen-bond acceptors (Lipinski definition) is 2. The highest BCUT2D eigenvalue weighted by atomic mass is 35.5. The number of benzene rings is 1. The molecule has 1 aromatic carbocycles. The van der Waals surface area contributed by atoms with Gasteiger partial charge in [0.1, 0.15) is 0 Å². The molecule has 1 aliphatic heterocycles. The Morgan fingerprint density at radius 1 is 1.24 bits per heavy atom. The first-order valence-electron chi connectivity index (χ1n) is 6.44. The second-order valence-electron chi connectivity index (χ2n) is 5.04. The summed E-state index contributed by atoms with van der Waals surface area (Å²) in [5.41, 5.74) is 1.15. The minimum absolute atomic E-state index is 0.176. The molecular weight excluding hydrogens is 234 g/mol. The third-order valence-corrected chi connectivity index (χ3v) is 4.02. The Morgan fingerprint density at radius 3 is 2.82 bits per heavy atom. The monoisotopic (exact) mass is 251 g/mol. The van der Waals surface area contributed by atoms with Crippen molar-refractivity contribution in [1.29, 1.82) is 0 Å². The van der Waals surface area contributed by atoms with Crippen LogP contribution < -0.4 is 5.32 Å². The standard InChI is InChI=1S/C14H18ClNO/c15-13-4-2-1-3-12(13)14-10(7-8-17-14)9-16-11-5-6-11/h1-4,10-11,14,16H,5-9H2. The minimum atomic E-state index is 0.176. The SMILES string of the molecule is Clc1ccccc1C1OCCC1CNC1CC1. The van der Waals surface area contributed by atoms with Gasteiger partial charge in [-0.1, -0.05) is 29.8 Å². The maximum absolute atomic E-state index is 6.24. The lowest BCUT2D eigenvalue weighted by molar-refractivity contribution is 0.0905. The van der Waals surface area contributed by atoms with Crippen molar-refractivity contribution in [3.05, 3.63) is 34.9 Å². The van der Waals surface area contributed by atoms with E-state index in [0.717, 1.165) is 36.2 Å². The normalized spacial score (nSPS) is 28.5. The minimum Gasteiger partial charge on any atom is -0.373 e. The topological polar surface area (TPSA) is 21.3 Å². The molecule has 1 aliphatic carbocycles. The van der Waals surface area contributed by atoms with Crippen molar-refractivity contribution in [2.24, 2.45) is 5.92 Å². The van der Waals surface area contributed by atoms with Gasteiger partial charge < -0.3 is 10.1 Å². The molecule has 1 heterocycles. The number of ether oxygens (including phenoxy) is 1. The van der Waals surface area contributed by atoms with Gasteiger partial charge in [0.05, 0.1) is 6.10 Å². The highest BCUT2D eigenvalue weighted by Gasteiger charge is 2.32. The number of hydrogen-bond donors (Lipinski definition) is 1. The van der Waals surface area contributed by atoms with E-state index < -0.39 is 0 Å². The van der Waals surface area contributed by atoms with Gasteiger partial charge in [-0.3, -0.25) is 0 Å². The van der Waals surface area contributed by atoms with Crippen LogP contribution in [0.15, 0.2) is 24.3 Å². The molecule has 0 spiro atoms. The third-order valence-electron chi connectivity index (χ3n) is 3.67. The van der Waals surface area contributed by atoms with Gasteiger partial charge in [-0.2, -0.15) is 0 Å². The van der Waals surface area contributed by atoms with E-state index in [1.165, 1.54) is 12.8 Å². The maximum atomic E-state index is 6.24. The van der Waals surface area contributed by atoms with Gasteiger partial charge in [0.15, 0.2) is 0 Å². The van der Waals surface area contributed by atoms with E-state index in [-0.39, 0.29) is 6.10 Å². The van der Waals surface area contributed by atoms with Crippen LogP contribution in [0.1, 0.15) is 30.9 Å². The lowest BCUT2D eigenvalue weighted by Crippen LogP contribution is -2.26. The fourth-order valence-corrected chi connectivity index (χ4v) is 2.74. The summed E-state index contributed by atoms with van der Waals surface area (Å²) in [5.74, 6) is 0.565. The van der Waals surface area contributed by atoms with Crippen molar-refractivity contribution in [2.45, 2.75) is 31.4 Å². The van der Waals surface area contributed by atoms with Crippen LogP contribution in [0, 0.1) is 5.92 Å². The van der Waals surface area contributed by atoms with E-state index in [9.17, 15) is 0 Å². The molecule has 1 N–H and O–H groups in total. The van der Waals surface area contributed by atoms with Gasteiger partial charge in [0.25, 0.3) is 0 Å². The Balaban J connectivity index is 1.69. The van der Waals surface area contributed by atoms with E-state index in [4.69, 9.17) is 16.3 Å². The largest absolute Gasteiger partial charge is 0.373 e. The summed E-state index contributed by atoms with van der Waals surface area (Å²) in [4.78, 5) is 0. The molecule has 2 fully saturated rings. The average Bonchev–Trinajstić information content (AvgIpc) is 3.06. The van der Waals surface area contributed by atoms with Gasteiger partial charge >= 0.3 is 0 Å². The molecule has 2 nitrogen and oxygen atoms in total.